The predicted molar refractivity (Wildman–Crippen MR) is 129 cm³/mol. The van der Waals surface area contributed by atoms with Crippen LogP contribution < -0.4 is 11.1 Å². The van der Waals surface area contributed by atoms with Crippen LogP contribution in [-0.2, 0) is 22.4 Å². The predicted octanol–water partition coefficient (Wildman–Crippen LogP) is 3.83. The third-order valence-electron chi connectivity index (χ3n) is 5.55. The van der Waals surface area contributed by atoms with E-state index < -0.39 is 11.9 Å². The van der Waals surface area contributed by atoms with Crippen LogP contribution in [0.15, 0.2) is 97.1 Å². The second kappa shape index (κ2) is 9.92. The Bertz CT molecular complexity index is 1300. The van der Waals surface area contributed by atoms with Crippen LogP contribution in [0.3, 0.4) is 0 Å². The molecule has 5 heteroatoms. The number of primary amides is 1. The molecule has 0 saturated carbocycles. The van der Waals surface area contributed by atoms with Gasteiger partial charge in [0.05, 0.1) is 6.42 Å². The molecule has 0 aromatic heterocycles. The van der Waals surface area contributed by atoms with E-state index in [1.807, 2.05) is 60.7 Å². The van der Waals surface area contributed by atoms with Gasteiger partial charge >= 0.3 is 0 Å². The van der Waals surface area contributed by atoms with Crippen LogP contribution in [0.1, 0.15) is 27.0 Å². The summed E-state index contributed by atoms with van der Waals surface area (Å²) < 4.78 is 0. The van der Waals surface area contributed by atoms with Crippen molar-refractivity contribution in [3.8, 4) is 0 Å². The monoisotopic (exact) mass is 436 g/mol. The van der Waals surface area contributed by atoms with Crippen molar-refractivity contribution in [1.29, 1.82) is 0 Å². The van der Waals surface area contributed by atoms with Crippen LogP contribution in [-0.4, -0.2) is 23.6 Å². The molecule has 4 rings (SSSR count). The lowest BCUT2D eigenvalue weighted by Gasteiger charge is -2.16. The third kappa shape index (κ3) is 5.52. The van der Waals surface area contributed by atoms with Gasteiger partial charge in [-0.3, -0.25) is 14.4 Å². The van der Waals surface area contributed by atoms with Crippen LogP contribution in [0.5, 0.6) is 0 Å². The highest BCUT2D eigenvalue weighted by molar-refractivity contribution is 6.08. The first-order valence-electron chi connectivity index (χ1n) is 10.7. The zero-order chi connectivity index (χ0) is 23.2. The Labute approximate surface area is 192 Å². The lowest BCUT2D eigenvalue weighted by Crippen LogP contribution is -2.46. The van der Waals surface area contributed by atoms with Gasteiger partial charge in [-0.15, -0.1) is 0 Å². The summed E-state index contributed by atoms with van der Waals surface area (Å²) in [6, 6.07) is 29.0. The molecule has 164 valence electrons. The highest BCUT2D eigenvalue weighted by atomic mass is 16.2. The van der Waals surface area contributed by atoms with E-state index in [1.165, 1.54) is 0 Å². The number of nitrogens with one attached hydrogen (secondary N) is 1. The molecule has 0 spiro atoms. The van der Waals surface area contributed by atoms with Crippen LogP contribution in [0.4, 0.5) is 0 Å². The molecule has 0 radical (unpaired) electrons. The Morgan fingerprint density at radius 3 is 2.00 bits per heavy atom. The highest BCUT2D eigenvalue weighted by Crippen LogP contribution is 2.16. The molecule has 3 N–H and O–H groups in total. The number of ketones is 1. The number of nitrogens with two attached hydrogens (primary N) is 1. The maximum atomic E-state index is 12.6. The standard InChI is InChI=1S/C28H24N2O3/c29-28(33)25(30-26(31)18-20-12-13-21-6-4-5-9-24(21)16-20)17-19-10-14-23(15-11-19)27(32)22-7-2-1-3-8-22/h1-16,25H,17-18H2,(H2,29,33)(H,30,31)/t25-/m1/s1. The normalized spacial score (nSPS) is 11.6. The summed E-state index contributed by atoms with van der Waals surface area (Å²) in [6.45, 7) is 0. The van der Waals surface area contributed by atoms with Crippen molar-refractivity contribution >= 4 is 28.4 Å². The molecule has 0 saturated heterocycles. The first kappa shape index (κ1) is 22.0. The fourth-order valence-electron chi connectivity index (χ4n) is 3.79. The fraction of sp³-hybridized carbons (Fsp3) is 0.107. The molecule has 1 atom stereocenters. The lowest BCUT2D eigenvalue weighted by atomic mass is 9.99. The van der Waals surface area contributed by atoms with Crippen molar-refractivity contribution in [3.63, 3.8) is 0 Å². The van der Waals surface area contributed by atoms with Crippen LogP contribution in [0.2, 0.25) is 0 Å². The van der Waals surface area contributed by atoms with Gasteiger partial charge in [-0.25, -0.2) is 0 Å². The first-order chi connectivity index (χ1) is 16.0. The number of hydrogen-bond acceptors (Lipinski definition) is 3. The Morgan fingerprint density at radius 2 is 1.30 bits per heavy atom. The van der Waals surface area contributed by atoms with E-state index in [0.717, 1.165) is 21.9 Å². The minimum Gasteiger partial charge on any atom is -0.368 e. The maximum absolute atomic E-state index is 12.6. The molecule has 2 amide bonds. The molecular weight excluding hydrogens is 412 g/mol. The molecule has 0 fully saturated rings. The smallest absolute Gasteiger partial charge is 0.240 e. The Hall–Kier alpha value is -4.25. The van der Waals surface area contributed by atoms with Gasteiger partial charge in [0, 0.05) is 17.5 Å². The van der Waals surface area contributed by atoms with E-state index in [1.54, 1.807) is 36.4 Å². The highest BCUT2D eigenvalue weighted by Gasteiger charge is 2.19. The van der Waals surface area contributed by atoms with E-state index in [9.17, 15) is 14.4 Å². The minimum absolute atomic E-state index is 0.0720. The molecular formula is C28H24N2O3. The molecule has 4 aromatic rings. The molecule has 0 bridgehead atoms. The topological polar surface area (TPSA) is 89.3 Å². The van der Waals surface area contributed by atoms with Gasteiger partial charge in [-0.1, -0.05) is 97.1 Å². The number of carbonyl (C=O) groups excluding carboxylic acids is 3. The summed E-state index contributed by atoms with van der Waals surface area (Å²) in [7, 11) is 0. The van der Waals surface area contributed by atoms with Crippen molar-refractivity contribution in [2.75, 3.05) is 0 Å². The number of rotatable bonds is 8. The molecule has 0 aliphatic rings. The van der Waals surface area contributed by atoms with Gasteiger partial charge < -0.3 is 11.1 Å². The van der Waals surface area contributed by atoms with Gasteiger partial charge in [-0.05, 0) is 21.9 Å². The third-order valence-corrected chi connectivity index (χ3v) is 5.55. The summed E-state index contributed by atoms with van der Waals surface area (Å²) in [4.78, 5) is 37.1. The minimum atomic E-state index is -0.839. The second-order valence-corrected chi connectivity index (χ2v) is 7.98. The summed E-state index contributed by atoms with van der Waals surface area (Å²) in [5.41, 5.74) is 8.38. The zero-order valence-corrected chi connectivity index (χ0v) is 18.0. The average Bonchev–Trinajstić information content (AvgIpc) is 2.84. The average molecular weight is 437 g/mol. The van der Waals surface area contributed by atoms with E-state index in [-0.39, 0.29) is 24.5 Å². The largest absolute Gasteiger partial charge is 0.368 e. The summed E-state index contributed by atoms with van der Waals surface area (Å²) in [6.07, 6.45) is 0.401. The van der Waals surface area contributed by atoms with Gasteiger partial charge in [-0.2, -0.15) is 0 Å². The van der Waals surface area contributed by atoms with Crippen LogP contribution in [0, 0.1) is 0 Å². The van der Waals surface area contributed by atoms with Crippen molar-refractivity contribution in [3.05, 3.63) is 119 Å². The number of fused-ring (bicyclic) bond motifs is 1. The van der Waals surface area contributed by atoms with E-state index in [2.05, 4.69) is 5.32 Å². The van der Waals surface area contributed by atoms with Crippen LogP contribution >= 0.6 is 0 Å². The van der Waals surface area contributed by atoms with Gasteiger partial charge in [0.1, 0.15) is 6.04 Å². The number of hydrogen-bond donors (Lipinski definition) is 2. The lowest BCUT2D eigenvalue weighted by molar-refractivity contribution is -0.127. The molecule has 0 heterocycles. The maximum Gasteiger partial charge on any atom is 0.240 e. The summed E-state index contributed by atoms with van der Waals surface area (Å²) >= 11 is 0. The van der Waals surface area contributed by atoms with Crippen molar-refractivity contribution in [1.82, 2.24) is 5.32 Å². The first-order valence-corrected chi connectivity index (χ1v) is 10.7. The molecule has 33 heavy (non-hydrogen) atoms. The van der Waals surface area contributed by atoms with Crippen LogP contribution in [0.25, 0.3) is 10.8 Å². The number of amides is 2. The SMILES string of the molecule is NC(=O)[C@@H](Cc1ccc(C(=O)c2ccccc2)cc1)NC(=O)Cc1ccc2ccccc2c1. The summed E-state index contributed by atoms with van der Waals surface area (Å²) in [5, 5.41) is 4.90. The molecule has 0 aliphatic carbocycles. The van der Waals surface area contributed by atoms with Gasteiger partial charge in [0.25, 0.3) is 0 Å². The zero-order valence-electron chi connectivity index (χ0n) is 18.0. The van der Waals surface area contributed by atoms with E-state index in [4.69, 9.17) is 5.73 Å². The quantitative estimate of drug-likeness (QED) is 0.412. The van der Waals surface area contributed by atoms with E-state index >= 15 is 0 Å². The molecule has 5 nitrogen and oxygen atoms in total. The fourth-order valence-corrected chi connectivity index (χ4v) is 3.79. The van der Waals surface area contributed by atoms with Crippen molar-refractivity contribution in [2.45, 2.75) is 18.9 Å². The molecule has 4 aromatic carbocycles. The van der Waals surface area contributed by atoms with E-state index in [0.29, 0.717) is 11.1 Å². The number of carbonyl (C=O) groups is 3. The second-order valence-electron chi connectivity index (χ2n) is 7.98. The Morgan fingerprint density at radius 1 is 0.697 bits per heavy atom. The molecule has 0 aliphatic heterocycles. The van der Waals surface area contributed by atoms with Gasteiger partial charge in [0.2, 0.25) is 11.8 Å². The Kier molecular flexibility index (Phi) is 6.60. The Balaban J connectivity index is 1.40. The van der Waals surface area contributed by atoms with Gasteiger partial charge in [0.15, 0.2) is 5.78 Å². The van der Waals surface area contributed by atoms with Crippen molar-refractivity contribution in [2.24, 2.45) is 5.73 Å². The van der Waals surface area contributed by atoms with Crippen molar-refractivity contribution < 1.29 is 14.4 Å². The number of benzene rings is 4. The molecule has 0 unspecified atom stereocenters. The summed E-state index contributed by atoms with van der Waals surface area (Å²) in [5.74, 6) is -0.950.